The van der Waals surface area contributed by atoms with Crippen molar-refractivity contribution in [1.29, 1.82) is 0 Å². The molecular formula is C16H23Cl2N3. The van der Waals surface area contributed by atoms with E-state index >= 15 is 0 Å². The second kappa shape index (κ2) is 5.99. The van der Waals surface area contributed by atoms with Crippen molar-refractivity contribution in [3.05, 3.63) is 41.6 Å². The van der Waals surface area contributed by atoms with E-state index in [9.17, 15) is 0 Å². The molecule has 2 aliphatic heterocycles. The molecule has 1 aromatic carbocycles. The van der Waals surface area contributed by atoms with Crippen LogP contribution in [0, 0.1) is 0 Å². The number of nitrogens with zero attached hydrogens (tertiary/aromatic N) is 3. The second-order valence-corrected chi connectivity index (χ2v) is 6.47. The van der Waals surface area contributed by atoms with Crippen molar-refractivity contribution in [3.63, 3.8) is 0 Å². The summed E-state index contributed by atoms with van der Waals surface area (Å²) in [4.78, 5) is 2.20. The van der Waals surface area contributed by atoms with E-state index in [-0.39, 0.29) is 24.8 Å². The summed E-state index contributed by atoms with van der Waals surface area (Å²) < 4.78 is 3.34. The predicted octanol–water partition coefficient (Wildman–Crippen LogP) is -3.66. The number of halogens is 2. The number of amidine groups is 1. The molecule has 21 heavy (non-hydrogen) atoms. The summed E-state index contributed by atoms with van der Waals surface area (Å²) in [5.41, 5.74) is 4.29. The number of benzene rings is 1. The van der Waals surface area contributed by atoms with Gasteiger partial charge in [0.05, 0.1) is 34.4 Å². The zero-order valence-corrected chi connectivity index (χ0v) is 14.8. The number of quaternary nitrogens is 1. The van der Waals surface area contributed by atoms with Gasteiger partial charge in [0, 0.05) is 30.2 Å². The highest BCUT2D eigenvalue weighted by molar-refractivity contribution is 5.76. The first-order chi connectivity index (χ1) is 8.88. The summed E-state index contributed by atoms with van der Waals surface area (Å²) >= 11 is 0. The lowest BCUT2D eigenvalue weighted by Crippen LogP contribution is -3.00. The van der Waals surface area contributed by atoms with E-state index in [1.54, 1.807) is 0 Å². The van der Waals surface area contributed by atoms with Crippen LogP contribution in [-0.4, -0.2) is 43.5 Å². The first-order valence-corrected chi connectivity index (χ1v) is 6.84. The first kappa shape index (κ1) is 18.0. The SMILES string of the molecule is CC1=[N+]2Cc3ccc([N+](C)(C)C)cc3C2C=CN1C.[Cl-].[Cl-]. The van der Waals surface area contributed by atoms with E-state index < -0.39 is 0 Å². The topological polar surface area (TPSA) is 6.25 Å². The average Bonchev–Trinajstić information content (AvgIpc) is 2.71. The van der Waals surface area contributed by atoms with Gasteiger partial charge in [0.1, 0.15) is 18.3 Å². The second-order valence-electron chi connectivity index (χ2n) is 6.47. The molecule has 3 rings (SSSR count). The third-order valence-corrected chi connectivity index (χ3v) is 4.32. The summed E-state index contributed by atoms with van der Waals surface area (Å²) in [6, 6.07) is 7.36. The molecule has 0 bridgehead atoms. The standard InChI is InChI=1S/C16H23N3.2ClH/c1-12-17(2)9-8-16-15-10-14(19(3,4)5)7-6-13(15)11-18(12)16;;/h6-10,16H,11H2,1-5H3;2*1H/q+2;;/p-2. The van der Waals surface area contributed by atoms with E-state index in [0.717, 1.165) is 11.0 Å². The van der Waals surface area contributed by atoms with Crippen LogP contribution in [0.5, 0.6) is 0 Å². The molecule has 0 N–H and O–H groups in total. The fourth-order valence-corrected chi connectivity index (χ4v) is 2.91. The largest absolute Gasteiger partial charge is 1.00 e. The smallest absolute Gasteiger partial charge is 0.249 e. The quantitative estimate of drug-likeness (QED) is 0.381. The molecule has 5 heteroatoms. The van der Waals surface area contributed by atoms with Crippen LogP contribution in [0.4, 0.5) is 5.69 Å². The Bertz CT molecular complexity index is 600. The molecule has 0 aromatic heterocycles. The number of fused-ring (bicyclic) bond motifs is 3. The van der Waals surface area contributed by atoms with Crippen LogP contribution in [0.25, 0.3) is 0 Å². The highest BCUT2D eigenvalue weighted by atomic mass is 35.5. The van der Waals surface area contributed by atoms with Crippen LogP contribution in [0.2, 0.25) is 0 Å². The number of hydrogen-bond acceptors (Lipinski definition) is 1. The molecule has 3 nitrogen and oxygen atoms in total. The van der Waals surface area contributed by atoms with Crippen molar-refractivity contribution in [2.45, 2.75) is 19.5 Å². The van der Waals surface area contributed by atoms with E-state index in [1.165, 1.54) is 22.6 Å². The minimum Gasteiger partial charge on any atom is -1.00 e. The van der Waals surface area contributed by atoms with E-state index in [4.69, 9.17) is 0 Å². The van der Waals surface area contributed by atoms with Crippen molar-refractivity contribution in [2.24, 2.45) is 0 Å². The van der Waals surface area contributed by atoms with E-state index in [0.29, 0.717) is 6.04 Å². The monoisotopic (exact) mass is 327 g/mol. The zero-order chi connectivity index (χ0) is 13.8. The third kappa shape index (κ3) is 2.96. The van der Waals surface area contributed by atoms with Gasteiger partial charge in [-0.1, -0.05) is 0 Å². The van der Waals surface area contributed by atoms with Gasteiger partial charge in [-0.3, -0.25) is 9.06 Å². The Morgan fingerprint density at radius 2 is 1.86 bits per heavy atom. The Morgan fingerprint density at radius 1 is 1.19 bits per heavy atom. The lowest BCUT2D eigenvalue weighted by molar-refractivity contribution is -0.571. The predicted molar refractivity (Wildman–Crippen MR) is 80.3 cm³/mol. The Balaban J connectivity index is 0.00000110. The van der Waals surface area contributed by atoms with Crippen molar-refractivity contribution in [1.82, 2.24) is 9.38 Å². The summed E-state index contributed by atoms with van der Waals surface area (Å²) in [6.07, 6.45) is 4.49. The fourth-order valence-electron chi connectivity index (χ4n) is 2.91. The van der Waals surface area contributed by atoms with Gasteiger partial charge >= 0.3 is 0 Å². The summed E-state index contributed by atoms with van der Waals surface area (Å²) in [7, 11) is 8.77. The molecular weight excluding hydrogens is 305 g/mol. The molecule has 0 aliphatic carbocycles. The number of hydrogen-bond donors (Lipinski definition) is 0. The van der Waals surface area contributed by atoms with Gasteiger partial charge in [-0.25, -0.2) is 4.90 Å². The zero-order valence-electron chi connectivity index (χ0n) is 13.3. The van der Waals surface area contributed by atoms with Gasteiger partial charge in [0.15, 0.2) is 0 Å². The maximum atomic E-state index is 2.48. The molecule has 0 saturated carbocycles. The van der Waals surface area contributed by atoms with Crippen LogP contribution >= 0.6 is 0 Å². The van der Waals surface area contributed by atoms with Crippen molar-refractivity contribution < 1.29 is 29.4 Å². The summed E-state index contributed by atoms with van der Waals surface area (Å²) in [5.74, 6) is 1.33. The highest BCUT2D eigenvalue weighted by Gasteiger charge is 2.35. The summed E-state index contributed by atoms with van der Waals surface area (Å²) in [6.45, 7) is 3.22. The average molecular weight is 328 g/mol. The Hall–Kier alpha value is -1.03. The van der Waals surface area contributed by atoms with Crippen LogP contribution in [0.15, 0.2) is 30.5 Å². The van der Waals surface area contributed by atoms with Crippen LogP contribution in [0.1, 0.15) is 24.1 Å². The van der Waals surface area contributed by atoms with Gasteiger partial charge < -0.3 is 24.8 Å². The fraction of sp³-hybridized carbons (Fsp3) is 0.438. The normalized spacial score (nSPS) is 19.7. The van der Waals surface area contributed by atoms with Crippen molar-refractivity contribution in [3.8, 4) is 0 Å². The molecule has 0 radical (unpaired) electrons. The van der Waals surface area contributed by atoms with Gasteiger partial charge in [-0.2, -0.15) is 0 Å². The summed E-state index contributed by atoms with van der Waals surface area (Å²) in [5, 5.41) is 0. The molecule has 1 unspecified atom stereocenters. The molecule has 116 valence electrons. The molecule has 1 atom stereocenters. The highest BCUT2D eigenvalue weighted by Crippen LogP contribution is 2.36. The Kier molecular flexibility index (Phi) is 5.14. The van der Waals surface area contributed by atoms with E-state index in [1.807, 2.05) is 0 Å². The molecule has 0 spiro atoms. The van der Waals surface area contributed by atoms with Gasteiger partial charge in [-0.05, 0) is 12.1 Å². The maximum Gasteiger partial charge on any atom is 0.249 e. The maximum absolute atomic E-state index is 2.48. The van der Waals surface area contributed by atoms with Gasteiger partial charge in [0.25, 0.3) is 0 Å². The van der Waals surface area contributed by atoms with Crippen LogP contribution in [0.3, 0.4) is 0 Å². The minimum atomic E-state index is 0. The van der Waals surface area contributed by atoms with Gasteiger partial charge in [0.2, 0.25) is 5.84 Å². The lowest BCUT2D eigenvalue weighted by atomic mass is 10.0. The van der Waals surface area contributed by atoms with Crippen molar-refractivity contribution in [2.75, 3.05) is 28.2 Å². The first-order valence-electron chi connectivity index (χ1n) is 6.84. The molecule has 0 fully saturated rings. The number of rotatable bonds is 1. The molecule has 1 aromatic rings. The molecule has 2 heterocycles. The van der Waals surface area contributed by atoms with Crippen molar-refractivity contribution >= 4 is 11.5 Å². The Labute approximate surface area is 140 Å². The molecule has 0 saturated heterocycles. The molecule has 2 aliphatic rings. The minimum absolute atomic E-state index is 0. The molecule has 0 amide bonds. The third-order valence-electron chi connectivity index (χ3n) is 4.32. The lowest BCUT2D eigenvalue weighted by Gasteiger charge is -2.24. The van der Waals surface area contributed by atoms with Gasteiger partial charge in [-0.15, -0.1) is 0 Å². The van der Waals surface area contributed by atoms with E-state index in [2.05, 4.69) is 75.1 Å². The van der Waals surface area contributed by atoms with Crippen LogP contribution < -0.4 is 29.3 Å². The Morgan fingerprint density at radius 3 is 2.48 bits per heavy atom. The van der Waals surface area contributed by atoms with Crippen LogP contribution in [-0.2, 0) is 6.54 Å².